The van der Waals surface area contributed by atoms with Gasteiger partial charge in [-0.1, -0.05) is 23.6 Å². The minimum absolute atomic E-state index is 0.0670. The molecule has 2 fully saturated rings. The molecule has 4 aliphatic carbocycles. The van der Waals surface area contributed by atoms with Gasteiger partial charge >= 0.3 is 0 Å². The van der Waals surface area contributed by atoms with E-state index in [0.717, 1.165) is 44.9 Å². The van der Waals surface area contributed by atoms with Gasteiger partial charge in [0.05, 0.1) is 6.10 Å². The second-order valence-electron chi connectivity index (χ2n) is 7.45. The van der Waals surface area contributed by atoms with Crippen LogP contribution in [-0.4, -0.2) is 17.0 Å². The van der Waals surface area contributed by atoms with Crippen molar-refractivity contribution in [1.29, 1.82) is 0 Å². The molecule has 0 spiro atoms. The normalized spacial score (nSPS) is 43.8. The Morgan fingerprint density at radius 3 is 2.80 bits per heavy atom. The first kappa shape index (κ1) is 12.8. The molecule has 0 aliphatic heterocycles. The van der Waals surface area contributed by atoms with E-state index in [9.17, 15) is 9.90 Å². The summed E-state index contributed by atoms with van der Waals surface area (Å²) >= 11 is 0. The molecule has 0 unspecified atom stereocenters. The molecule has 2 saturated carbocycles. The summed E-state index contributed by atoms with van der Waals surface area (Å²) in [6.45, 7) is 2.28. The Balaban J connectivity index is 1.74. The molecule has 1 N–H and O–H groups in total. The van der Waals surface area contributed by atoms with Crippen LogP contribution in [0.4, 0.5) is 0 Å². The lowest BCUT2D eigenvalue weighted by molar-refractivity contribution is -0.115. The summed E-state index contributed by atoms with van der Waals surface area (Å²) in [5, 5.41) is 10.4. The molecule has 0 bridgehead atoms. The molecule has 0 saturated heterocycles. The first-order valence-corrected chi connectivity index (χ1v) is 8.23. The fraction of sp³-hybridized carbons (Fsp3) is 0.722. The SMILES string of the molecule is C[C@]12CC[C@H]3C(=C1CC[C@@H]2O)CCC1=CC(=O)CC[C@@H]13. The molecule has 0 radical (unpaired) electrons. The molecule has 4 aliphatic rings. The van der Waals surface area contributed by atoms with Crippen molar-refractivity contribution < 1.29 is 9.90 Å². The van der Waals surface area contributed by atoms with E-state index in [0.29, 0.717) is 17.6 Å². The van der Waals surface area contributed by atoms with Gasteiger partial charge in [-0.25, -0.2) is 0 Å². The van der Waals surface area contributed by atoms with Gasteiger partial charge in [-0.15, -0.1) is 0 Å². The van der Waals surface area contributed by atoms with Crippen molar-refractivity contribution in [3.05, 3.63) is 22.8 Å². The minimum Gasteiger partial charge on any atom is -0.392 e. The lowest BCUT2D eigenvalue weighted by Crippen LogP contribution is -2.38. The van der Waals surface area contributed by atoms with Gasteiger partial charge < -0.3 is 5.11 Å². The highest BCUT2D eigenvalue weighted by molar-refractivity contribution is 5.91. The number of fused-ring (bicyclic) bond motifs is 4. The number of aliphatic hydroxyl groups is 1. The molecule has 2 nitrogen and oxygen atoms in total. The summed E-state index contributed by atoms with van der Waals surface area (Å²) in [6, 6.07) is 0. The van der Waals surface area contributed by atoms with Crippen molar-refractivity contribution in [3.63, 3.8) is 0 Å². The van der Waals surface area contributed by atoms with Gasteiger partial charge in [0, 0.05) is 11.8 Å². The van der Waals surface area contributed by atoms with Crippen LogP contribution in [-0.2, 0) is 4.79 Å². The zero-order valence-electron chi connectivity index (χ0n) is 12.3. The van der Waals surface area contributed by atoms with Gasteiger partial charge in [0.25, 0.3) is 0 Å². The van der Waals surface area contributed by atoms with E-state index in [1.54, 1.807) is 11.1 Å². The summed E-state index contributed by atoms with van der Waals surface area (Å²) in [4.78, 5) is 11.6. The van der Waals surface area contributed by atoms with Crippen LogP contribution < -0.4 is 0 Å². The molecule has 0 aromatic rings. The van der Waals surface area contributed by atoms with Crippen LogP contribution in [0.5, 0.6) is 0 Å². The zero-order valence-corrected chi connectivity index (χ0v) is 12.3. The predicted molar refractivity (Wildman–Crippen MR) is 78.1 cm³/mol. The number of carbonyl (C=O) groups is 1. The second-order valence-corrected chi connectivity index (χ2v) is 7.45. The Hall–Kier alpha value is -0.890. The standard InChI is InChI=1S/C18H24O2/c1-18-9-8-14-13-5-3-12(19)10-11(13)2-4-15(14)16(18)6-7-17(18)20/h10,13-14,17,20H,2-9H2,1H3/t13-,14+,17-,18-/m0/s1. The van der Waals surface area contributed by atoms with Crippen molar-refractivity contribution in [2.24, 2.45) is 17.3 Å². The van der Waals surface area contributed by atoms with E-state index in [-0.39, 0.29) is 11.5 Å². The fourth-order valence-corrected chi connectivity index (χ4v) is 5.43. The number of allylic oxidation sites excluding steroid dienone is 3. The Bertz CT molecular complexity index is 528. The van der Waals surface area contributed by atoms with Gasteiger partial charge in [-0.2, -0.15) is 0 Å². The predicted octanol–water partition coefficient (Wildman–Crippen LogP) is 3.55. The Labute approximate surface area is 120 Å². The van der Waals surface area contributed by atoms with E-state index in [1.165, 1.54) is 12.0 Å². The molecule has 108 valence electrons. The summed E-state index contributed by atoms with van der Waals surface area (Å²) in [5.41, 5.74) is 4.76. The average Bonchev–Trinajstić information content (AvgIpc) is 2.74. The van der Waals surface area contributed by atoms with Crippen LogP contribution >= 0.6 is 0 Å². The quantitative estimate of drug-likeness (QED) is 0.685. The monoisotopic (exact) mass is 272 g/mol. The van der Waals surface area contributed by atoms with Crippen molar-refractivity contribution in [1.82, 2.24) is 0 Å². The van der Waals surface area contributed by atoms with Crippen LogP contribution in [0.2, 0.25) is 0 Å². The van der Waals surface area contributed by atoms with Crippen LogP contribution in [0.25, 0.3) is 0 Å². The summed E-state index contributed by atoms with van der Waals surface area (Å²) in [6.07, 6.45) is 10.2. The average molecular weight is 272 g/mol. The summed E-state index contributed by atoms with van der Waals surface area (Å²) in [5.74, 6) is 1.65. The van der Waals surface area contributed by atoms with E-state index >= 15 is 0 Å². The number of rotatable bonds is 0. The van der Waals surface area contributed by atoms with Gasteiger partial charge in [-0.3, -0.25) is 4.79 Å². The molecule has 4 atom stereocenters. The third kappa shape index (κ3) is 1.64. The van der Waals surface area contributed by atoms with E-state index in [1.807, 2.05) is 6.08 Å². The highest BCUT2D eigenvalue weighted by Crippen LogP contribution is 2.58. The molecule has 0 amide bonds. The van der Waals surface area contributed by atoms with Gasteiger partial charge in [0.1, 0.15) is 0 Å². The van der Waals surface area contributed by atoms with Crippen LogP contribution in [0, 0.1) is 17.3 Å². The van der Waals surface area contributed by atoms with Crippen LogP contribution in [0.15, 0.2) is 22.8 Å². The molecular weight excluding hydrogens is 248 g/mol. The Morgan fingerprint density at radius 1 is 1.10 bits per heavy atom. The molecule has 0 aromatic carbocycles. The van der Waals surface area contributed by atoms with E-state index in [4.69, 9.17) is 0 Å². The smallest absolute Gasteiger partial charge is 0.155 e. The molecular formula is C18H24O2. The number of ketones is 1. The lowest BCUT2D eigenvalue weighted by atomic mass is 9.59. The molecule has 4 rings (SSSR count). The topological polar surface area (TPSA) is 37.3 Å². The molecule has 0 aromatic heterocycles. The first-order valence-electron chi connectivity index (χ1n) is 8.23. The lowest BCUT2D eigenvalue weighted by Gasteiger charge is -2.46. The maximum Gasteiger partial charge on any atom is 0.155 e. The second kappa shape index (κ2) is 4.30. The largest absolute Gasteiger partial charge is 0.392 e. The molecule has 0 heterocycles. The number of carbonyl (C=O) groups excluding carboxylic acids is 1. The number of hydrogen-bond acceptors (Lipinski definition) is 2. The van der Waals surface area contributed by atoms with Crippen molar-refractivity contribution in [2.75, 3.05) is 0 Å². The Kier molecular flexibility index (Phi) is 2.76. The van der Waals surface area contributed by atoms with Crippen molar-refractivity contribution in [2.45, 2.75) is 64.4 Å². The summed E-state index contributed by atoms with van der Waals surface area (Å²) in [7, 11) is 0. The van der Waals surface area contributed by atoms with Gasteiger partial charge in [0.2, 0.25) is 0 Å². The summed E-state index contributed by atoms with van der Waals surface area (Å²) < 4.78 is 0. The first-order chi connectivity index (χ1) is 9.59. The molecule has 2 heteroatoms. The highest BCUT2D eigenvalue weighted by Gasteiger charge is 2.49. The van der Waals surface area contributed by atoms with Gasteiger partial charge in [0.15, 0.2) is 5.78 Å². The van der Waals surface area contributed by atoms with E-state index < -0.39 is 0 Å². The van der Waals surface area contributed by atoms with Crippen LogP contribution in [0.1, 0.15) is 58.3 Å². The van der Waals surface area contributed by atoms with E-state index in [2.05, 4.69) is 6.92 Å². The number of hydrogen-bond donors (Lipinski definition) is 1. The Morgan fingerprint density at radius 2 is 1.95 bits per heavy atom. The maximum absolute atomic E-state index is 11.6. The van der Waals surface area contributed by atoms with Crippen molar-refractivity contribution in [3.8, 4) is 0 Å². The van der Waals surface area contributed by atoms with Crippen LogP contribution in [0.3, 0.4) is 0 Å². The number of aliphatic hydroxyl groups excluding tert-OH is 1. The molecule has 20 heavy (non-hydrogen) atoms. The van der Waals surface area contributed by atoms with Crippen molar-refractivity contribution >= 4 is 5.78 Å². The highest BCUT2D eigenvalue weighted by atomic mass is 16.3. The zero-order chi connectivity index (χ0) is 13.9. The third-order valence-electron chi connectivity index (χ3n) is 6.60. The third-order valence-corrected chi connectivity index (χ3v) is 6.60. The minimum atomic E-state index is -0.129. The maximum atomic E-state index is 11.6. The fourth-order valence-electron chi connectivity index (χ4n) is 5.43. The van der Waals surface area contributed by atoms with Gasteiger partial charge in [-0.05, 0) is 62.9 Å².